The monoisotopic (exact) mass is 351 g/mol. The van der Waals surface area contributed by atoms with Gasteiger partial charge in [-0.15, -0.1) is 0 Å². The molecular formula is C21H21NO4. The molecule has 0 aromatic heterocycles. The van der Waals surface area contributed by atoms with Crippen LogP contribution in [0.2, 0.25) is 0 Å². The van der Waals surface area contributed by atoms with E-state index in [0.717, 1.165) is 11.1 Å². The lowest BCUT2D eigenvalue weighted by atomic mass is 9.88. The highest BCUT2D eigenvalue weighted by Gasteiger charge is 2.40. The van der Waals surface area contributed by atoms with Crippen LogP contribution in [0.5, 0.6) is 0 Å². The van der Waals surface area contributed by atoms with Gasteiger partial charge in [0.1, 0.15) is 0 Å². The zero-order valence-electron chi connectivity index (χ0n) is 15.0. The minimum absolute atomic E-state index is 0.192. The summed E-state index contributed by atoms with van der Waals surface area (Å²) in [7, 11) is 3.17. The van der Waals surface area contributed by atoms with Crippen LogP contribution in [0.15, 0.2) is 66.7 Å². The summed E-state index contributed by atoms with van der Waals surface area (Å²) in [6, 6.07) is 17.6. The lowest BCUT2D eigenvalue weighted by Gasteiger charge is -2.34. The van der Waals surface area contributed by atoms with E-state index < -0.39 is 18.0 Å². The first kappa shape index (κ1) is 17.9. The number of carbonyl (C=O) groups excluding carboxylic acids is 2. The van der Waals surface area contributed by atoms with Gasteiger partial charge in [-0.1, -0.05) is 54.6 Å². The maximum absolute atomic E-state index is 12.5. The van der Waals surface area contributed by atoms with Crippen molar-refractivity contribution in [2.45, 2.75) is 18.8 Å². The number of ether oxygens (including phenoxy) is 2. The van der Waals surface area contributed by atoms with Gasteiger partial charge in [-0.3, -0.25) is 4.79 Å². The fourth-order valence-electron chi connectivity index (χ4n) is 2.74. The highest BCUT2D eigenvalue weighted by molar-refractivity contribution is 5.98. The Morgan fingerprint density at radius 3 is 2.27 bits per heavy atom. The Labute approximate surface area is 152 Å². The largest absolute Gasteiger partial charge is 0.416 e. The Morgan fingerprint density at radius 1 is 1.04 bits per heavy atom. The fourth-order valence-corrected chi connectivity index (χ4v) is 2.74. The maximum Gasteiger partial charge on any atom is 0.411 e. The minimum atomic E-state index is -1.21. The van der Waals surface area contributed by atoms with E-state index in [1.807, 2.05) is 54.6 Å². The van der Waals surface area contributed by atoms with Crippen LogP contribution in [0, 0.1) is 0 Å². The molecule has 1 heterocycles. The molecule has 0 unspecified atom stereocenters. The number of hydrogen-bond acceptors (Lipinski definition) is 4. The van der Waals surface area contributed by atoms with Crippen LogP contribution in [0.3, 0.4) is 0 Å². The van der Waals surface area contributed by atoms with Crippen molar-refractivity contribution in [1.82, 2.24) is 4.90 Å². The van der Waals surface area contributed by atoms with Gasteiger partial charge in [0.05, 0.1) is 0 Å². The van der Waals surface area contributed by atoms with Crippen LogP contribution in [0.4, 0.5) is 4.79 Å². The Hall–Kier alpha value is -2.92. The smallest absolute Gasteiger partial charge is 0.411 e. The molecule has 5 heteroatoms. The van der Waals surface area contributed by atoms with Gasteiger partial charge in [0, 0.05) is 14.1 Å². The average molecular weight is 351 g/mol. The van der Waals surface area contributed by atoms with E-state index in [-0.39, 0.29) is 5.78 Å². The van der Waals surface area contributed by atoms with Crippen molar-refractivity contribution in [3.8, 4) is 11.1 Å². The lowest BCUT2D eigenvalue weighted by Crippen LogP contribution is -2.43. The number of amides is 1. The third-order valence-corrected chi connectivity index (χ3v) is 4.35. The van der Waals surface area contributed by atoms with E-state index in [0.29, 0.717) is 5.56 Å². The van der Waals surface area contributed by atoms with E-state index in [9.17, 15) is 9.59 Å². The first-order chi connectivity index (χ1) is 12.4. The van der Waals surface area contributed by atoms with Crippen molar-refractivity contribution < 1.29 is 19.1 Å². The second-order valence-electron chi connectivity index (χ2n) is 6.46. The molecule has 1 aliphatic heterocycles. The molecule has 0 radical (unpaired) electrons. The van der Waals surface area contributed by atoms with Crippen LogP contribution in [0.25, 0.3) is 11.1 Å². The molecule has 0 aliphatic carbocycles. The van der Waals surface area contributed by atoms with Crippen LogP contribution in [0.1, 0.15) is 12.5 Å². The number of carbonyl (C=O) groups is 2. The van der Waals surface area contributed by atoms with E-state index in [1.165, 1.54) is 17.1 Å². The van der Waals surface area contributed by atoms with E-state index in [4.69, 9.17) is 9.47 Å². The Morgan fingerprint density at radius 2 is 1.65 bits per heavy atom. The lowest BCUT2D eigenvalue weighted by molar-refractivity contribution is -0.179. The third-order valence-electron chi connectivity index (χ3n) is 4.35. The molecule has 2 aromatic carbocycles. The molecule has 3 rings (SSSR count). The van der Waals surface area contributed by atoms with Gasteiger partial charge < -0.3 is 14.4 Å². The van der Waals surface area contributed by atoms with E-state index >= 15 is 0 Å². The van der Waals surface area contributed by atoms with Crippen LogP contribution in [-0.2, 0) is 19.9 Å². The molecule has 0 bridgehead atoms. The summed E-state index contributed by atoms with van der Waals surface area (Å²) in [4.78, 5) is 25.5. The standard InChI is InChI=1S/C21H21NO4/c1-21(18(23)13-14-19(26-21)25-20(24)22(2)3)17-11-9-16(10-12-17)15-7-5-4-6-8-15/h4-14,19H,1-3H3/t19-,21-/m1/s1. The first-order valence-electron chi connectivity index (χ1n) is 8.34. The molecule has 0 saturated heterocycles. The molecule has 2 atom stereocenters. The van der Waals surface area contributed by atoms with Crippen molar-refractivity contribution in [2.75, 3.05) is 14.1 Å². The van der Waals surface area contributed by atoms with Crippen molar-refractivity contribution in [1.29, 1.82) is 0 Å². The fraction of sp³-hybridized carbons (Fsp3) is 0.238. The molecule has 5 nitrogen and oxygen atoms in total. The molecule has 0 saturated carbocycles. The molecule has 0 spiro atoms. The van der Waals surface area contributed by atoms with Crippen molar-refractivity contribution in [3.63, 3.8) is 0 Å². The third kappa shape index (κ3) is 3.53. The van der Waals surface area contributed by atoms with Crippen LogP contribution >= 0.6 is 0 Å². The van der Waals surface area contributed by atoms with Crippen LogP contribution in [-0.4, -0.2) is 37.2 Å². The second-order valence-corrected chi connectivity index (χ2v) is 6.46. The van der Waals surface area contributed by atoms with Gasteiger partial charge in [0.15, 0.2) is 11.4 Å². The molecule has 26 heavy (non-hydrogen) atoms. The number of hydrogen-bond donors (Lipinski definition) is 0. The summed E-state index contributed by atoms with van der Waals surface area (Å²) < 4.78 is 11.1. The van der Waals surface area contributed by atoms with Gasteiger partial charge in [-0.25, -0.2) is 4.79 Å². The summed E-state index contributed by atoms with van der Waals surface area (Å²) in [5.41, 5.74) is 1.64. The highest BCUT2D eigenvalue weighted by atomic mass is 16.7. The molecule has 1 amide bonds. The molecule has 1 aliphatic rings. The van der Waals surface area contributed by atoms with Gasteiger partial charge in [-0.2, -0.15) is 0 Å². The molecule has 0 N–H and O–H groups in total. The Kier molecular flexibility index (Phi) is 4.91. The number of rotatable bonds is 3. The zero-order chi connectivity index (χ0) is 18.7. The normalized spacial score (nSPS) is 22.1. The predicted octanol–water partition coefficient (Wildman–Crippen LogP) is 3.75. The summed E-state index contributed by atoms with van der Waals surface area (Å²) in [5.74, 6) is -0.192. The van der Waals surface area contributed by atoms with Gasteiger partial charge in [0.25, 0.3) is 0 Å². The SMILES string of the molecule is CN(C)C(=O)O[C@H]1C=CC(=O)[C@@](C)(c2ccc(-c3ccccc3)cc2)O1. The summed E-state index contributed by atoms with van der Waals surface area (Å²) in [5, 5.41) is 0. The molecule has 2 aromatic rings. The van der Waals surface area contributed by atoms with Crippen molar-refractivity contribution in [3.05, 3.63) is 72.3 Å². The highest BCUT2D eigenvalue weighted by Crippen LogP contribution is 2.33. The second kappa shape index (κ2) is 7.14. The molecule has 134 valence electrons. The zero-order valence-corrected chi connectivity index (χ0v) is 15.0. The van der Waals surface area contributed by atoms with Crippen LogP contribution < -0.4 is 0 Å². The molecule has 0 fully saturated rings. The number of ketones is 1. The van der Waals surface area contributed by atoms with E-state index in [1.54, 1.807) is 21.0 Å². The predicted molar refractivity (Wildman–Crippen MR) is 98.4 cm³/mol. The number of nitrogens with zero attached hydrogens (tertiary/aromatic N) is 1. The molecular weight excluding hydrogens is 330 g/mol. The van der Waals surface area contributed by atoms with E-state index in [2.05, 4.69) is 0 Å². The summed E-state index contributed by atoms with van der Waals surface area (Å²) in [6.45, 7) is 1.69. The van der Waals surface area contributed by atoms with Gasteiger partial charge in [-0.05, 0) is 35.8 Å². The first-order valence-corrected chi connectivity index (χ1v) is 8.34. The van der Waals surface area contributed by atoms with Gasteiger partial charge in [0.2, 0.25) is 6.29 Å². The minimum Gasteiger partial charge on any atom is -0.416 e. The van der Waals surface area contributed by atoms with Crippen molar-refractivity contribution >= 4 is 11.9 Å². The Balaban J connectivity index is 1.83. The Bertz CT molecular complexity index is 827. The summed E-state index contributed by atoms with van der Waals surface area (Å²) >= 11 is 0. The average Bonchev–Trinajstić information content (AvgIpc) is 2.65. The number of benzene rings is 2. The maximum atomic E-state index is 12.5. The van der Waals surface area contributed by atoms with Gasteiger partial charge >= 0.3 is 6.09 Å². The van der Waals surface area contributed by atoms with Crippen molar-refractivity contribution in [2.24, 2.45) is 0 Å². The summed E-state index contributed by atoms with van der Waals surface area (Å²) in [6.07, 6.45) is 1.41. The topological polar surface area (TPSA) is 55.8 Å². The quantitative estimate of drug-likeness (QED) is 0.845.